The Kier molecular flexibility index (Phi) is 9.11. The van der Waals surface area contributed by atoms with Crippen molar-refractivity contribution in [2.24, 2.45) is 11.7 Å². The van der Waals surface area contributed by atoms with E-state index in [1.807, 2.05) is 40.7 Å². The monoisotopic (exact) mass is 575 g/mol. The van der Waals surface area contributed by atoms with Crippen molar-refractivity contribution < 1.29 is 28.6 Å². The van der Waals surface area contributed by atoms with Crippen LogP contribution in [0.2, 0.25) is 0 Å². The lowest BCUT2D eigenvalue weighted by atomic mass is 9.99. The lowest BCUT2D eigenvalue weighted by Gasteiger charge is -2.37. The normalized spacial score (nSPS) is 17.1. The van der Waals surface area contributed by atoms with Gasteiger partial charge in [0.1, 0.15) is 23.9 Å². The Balaban J connectivity index is 1.64. The SMILES string of the molecule is CC(C)Oc1cc2c(O[C@@H]3CCCN(C(=O)CC#N)C3)ncc(C#CC3CN(C(=O)OC(C)(C)C)C3)c2cc1C(N)=O. The number of piperidine rings is 1. The molecule has 3 amide bonds. The molecule has 0 spiro atoms. The molecule has 0 aliphatic carbocycles. The van der Waals surface area contributed by atoms with Gasteiger partial charge in [0.15, 0.2) is 0 Å². The van der Waals surface area contributed by atoms with Gasteiger partial charge in [-0.25, -0.2) is 9.78 Å². The summed E-state index contributed by atoms with van der Waals surface area (Å²) in [5.41, 5.74) is 5.93. The van der Waals surface area contributed by atoms with Crippen molar-refractivity contribution >= 4 is 28.7 Å². The molecule has 11 nitrogen and oxygen atoms in total. The predicted molar refractivity (Wildman–Crippen MR) is 155 cm³/mol. The van der Waals surface area contributed by atoms with E-state index in [4.69, 9.17) is 25.2 Å². The van der Waals surface area contributed by atoms with Crippen molar-refractivity contribution in [1.82, 2.24) is 14.8 Å². The van der Waals surface area contributed by atoms with Crippen molar-refractivity contribution in [3.05, 3.63) is 29.5 Å². The Bertz CT molecular complexity index is 1470. The topological polar surface area (TPSA) is 148 Å². The summed E-state index contributed by atoms with van der Waals surface area (Å²) < 4.78 is 17.6. The van der Waals surface area contributed by atoms with E-state index >= 15 is 0 Å². The number of carbonyl (C=O) groups is 3. The van der Waals surface area contributed by atoms with Crippen LogP contribution in [0.15, 0.2) is 18.3 Å². The molecular weight excluding hydrogens is 538 g/mol. The quantitative estimate of drug-likeness (QED) is 0.514. The number of benzene rings is 1. The summed E-state index contributed by atoms with van der Waals surface area (Å²) in [7, 11) is 0. The second-order valence-corrected chi connectivity index (χ2v) is 11.8. The largest absolute Gasteiger partial charge is 0.490 e. The van der Waals surface area contributed by atoms with Crippen LogP contribution in [0, 0.1) is 29.1 Å². The highest BCUT2D eigenvalue weighted by atomic mass is 16.6. The van der Waals surface area contributed by atoms with E-state index in [-0.39, 0.29) is 42.1 Å². The highest BCUT2D eigenvalue weighted by Crippen LogP contribution is 2.34. The Labute approximate surface area is 245 Å². The molecule has 2 fully saturated rings. The molecule has 222 valence electrons. The molecule has 2 aliphatic heterocycles. The molecule has 42 heavy (non-hydrogen) atoms. The van der Waals surface area contributed by atoms with Gasteiger partial charge in [0, 0.05) is 36.6 Å². The highest BCUT2D eigenvalue weighted by Gasteiger charge is 2.33. The third kappa shape index (κ3) is 7.41. The average Bonchev–Trinajstić information content (AvgIpc) is 2.87. The standard InChI is InChI=1S/C31H37N5O6/c1-19(2)40-26-14-24-23(13-25(26)28(33)38)21(9-8-20-16-36(17-20)30(39)42-31(3,4)5)15-34-29(24)41-22-7-6-12-35(18-22)27(37)10-11-32/h13-15,19-20,22H,6-7,10,12,16-18H2,1-5H3,(H2,33,38)/t22-/m1/s1. The van der Waals surface area contributed by atoms with Gasteiger partial charge < -0.3 is 29.7 Å². The minimum Gasteiger partial charge on any atom is -0.490 e. The van der Waals surface area contributed by atoms with Gasteiger partial charge >= 0.3 is 6.09 Å². The fraction of sp³-hybridized carbons (Fsp3) is 0.516. The predicted octanol–water partition coefficient (Wildman–Crippen LogP) is 3.62. The summed E-state index contributed by atoms with van der Waals surface area (Å²) in [5.74, 6) is 6.09. The zero-order valence-electron chi connectivity index (χ0n) is 24.7. The Morgan fingerprint density at radius 2 is 1.88 bits per heavy atom. The average molecular weight is 576 g/mol. The van der Waals surface area contributed by atoms with E-state index in [0.717, 1.165) is 6.42 Å². The second-order valence-electron chi connectivity index (χ2n) is 11.8. The molecule has 2 aliphatic rings. The first-order valence-corrected chi connectivity index (χ1v) is 14.1. The van der Waals surface area contributed by atoms with Gasteiger partial charge in [0.25, 0.3) is 5.91 Å². The number of fused-ring (bicyclic) bond motifs is 1. The number of aromatic nitrogens is 1. The third-order valence-electron chi connectivity index (χ3n) is 6.76. The molecular formula is C31H37N5O6. The van der Waals surface area contributed by atoms with Crippen LogP contribution in [-0.4, -0.2) is 76.7 Å². The van der Waals surface area contributed by atoms with Gasteiger partial charge in [-0.05, 0) is 59.6 Å². The van der Waals surface area contributed by atoms with Crippen LogP contribution >= 0.6 is 0 Å². The molecule has 2 aromatic rings. The molecule has 1 aromatic heterocycles. The summed E-state index contributed by atoms with van der Waals surface area (Å²) in [6.07, 6.45) is 1.95. The number of pyridine rings is 1. The van der Waals surface area contributed by atoms with Crippen LogP contribution < -0.4 is 15.2 Å². The van der Waals surface area contributed by atoms with Gasteiger partial charge in [0.2, 0.25) is 11.8 Å². The highest BCUT2D eigenvalue weighted by molar-refractivity contribution is 6.03. The number of amides is 3. The van der Waals surface area contributed by atoms with E-state index < -0.39 is 11.5 Å². The summed E-state index contributed by atoms with van der Waals surface area (Å²) in [5, 5.41) is 10.1. The maximum atomic E-state index is 12.4. The number of ether oxygens (including phenoxy) is 3. The Hall–Kier alpha value is -4.51. The first-order valence-electron chi connectivity index (χ1n) is 14.1. The number of nitrogens with zero attached hydrogens (tertiary/aromatic N) is 4. The molecule has 2 saturated heterocycles. The molecule has 3 heterocycles. The van der Waals surface area contributed by atoms with Gasteiger partial charge in [0.05, 0.1) is 35.8 Å². The van der Waals surface area contributed by atoms with E-state index in [9.17, 15) is 14.4 Å². The molecule has 0 radical (unpaired) electrons. The minimum absolute atomic E-state index is 0.0400. The number of hydrogen-bond donors (Lipinski definition) is 1. The van der Waals surface area contributed by atoms with Crippen molar-refractivity contribution in [1.29, 1.82) is 5.26 Å². The van der Waals surface area contributed by atoms with Crippen molar-refractivity contribution in [3.8, 4) is 29.5 Å². The van der Waals surface area contributed by atoms with Crippen LogP contribution in [0.1, 0.15) is 69.8 Å². The molecule has 0 bridgehead atoms. The van der Waals surface area contributed by atoms with Gasteiger partial charge in [-0.1, -0.05) is 11.8 Å². The van der Waals surface area contributed by atoms with E-state index in [1.54, 1.807) is 28.1 Å². The zero-order chi connectivity index (χ0) is 30.6. The Morgan fingerprint density at radius 1 is 1.14 bits per heavy atom. The number of rotatable bonds is 6. The third-order valence-corrected chi connectivity index (χ3v) is 6.76. The Morgan fingerprint density at radius 3 is 2.52 bits per heavy atom. The minimum atomic E-state index is -0.642. The van der Waals surface area contributed by atoms with Gasteiger partial charge in [-0.2, -0.15) is 5.26 Å². The van der Waals surface area contributed by atoms with E-state index in [0.29, 0.717) is 60.6 Å². The van der Waals surface area contributed by atoms with E-state index in [1.165, 1.54) is 0 Å². The lowest BCUT2D eigenvalue weighted by molar-refractivity contribution is -0.132. The molecule has 0 saturated carbocycles. The maximum absolute atomic E-state index is 12.4. The smallest absolute Gasteiger partial charge is 0.410 e. The number of primary amides is 1. The summed E-state index contributed by atoms with van der Waals surface area (Å²) in [4.78, 5) is 44.8. The summed E-state index contributed by atoms with van der Waals surface area (Å²) in [6.45, 7) is 11.0. The number of hydrogen-bond acceptors (Lipinski definition) is 8. The van der Waals surface area contributed by atoms with Crippen molar-refractivity contribution in [2.75, 3.05) is 26.2 Å². The number of likely N-dealkylation sites (tertiary alicyclic amines) is 2. The number of carbonyl (C=O) groups excluding carboxylic acids is 3. The molecule has 2 N–H and O–H groups in total. The summed E-state index contributed by atoms with van der Waals surface area (Å²) in [6, 6.07) is 5.24. The van der Waals surface area contributed by atoms with Crippen LogP contribution in [0.5, 0.6) is 11.6 Å². The van der Waals surface area contributed by atoms with Crippen LogP contribution in [0.25, 0.3) is 10.8 Å². The molecule has 4 rings (SSSR count). The number of nitriles is 1. The van der Waals surface area contributed by atoms with Crippen molar-refractivity contribution in [2.45, 2.75) is 71.7 Å². The second kappa shape index (κ2) is 12.6. The first-order chi connectivity index (χ1) is 19.8. The molecule has 11 heteroatoms. The van der Waals surface area contributed by atoms with Gasteiger partial charge in [-0.3, -0.25) is 9.59 Å². The van der Waals surface area contributed by atoms with Crippen LogP contribution in [0.4, 0.5) is 4.79 Å². The lowest BCUT2D eigenvalue weighted by Crippen LogP contribution is -2.51. The summed E-state index contributed by atoms with van der Waals surface area (Å²) >= 11 is 0. The van der Waals surface area contributed by atoms with E-state index in [2.05, 4.69) is 16.8 Å². The van der Waals surface area contributed by atoms with Crippen molar-refractivity contribution in [3.63, 3.8) is 0 Å². The number of nitrogens with two attached hydrogens (primary N) is 1. The zero-order valence-corrected chi connectivity index (χ0v) is 24.7. The fourth-order valence-corrected chi connectivity index (χ4v) is 4.80. The maximum Gasteiger partial charge on any atom is 0.410 e. The molecule has 1 aromatic carbocycles. The first kappa shape index (κ1) is 30.4. The fourth-order valence-electron chi connectivity index (χ4n) is 4.80. The molecule has 1 atom stereocenters. The molecule has 0 unspecified atom stereocenters. The van der Waals surface area contributed by atoms with Crippen LogP contribution in [0.3, 0.4) is 0 Å². The van der Waals surface area contributed by atoms with Gasteiger partial charge in [-0.15, -0.1) is 0 Å². The van der Waals surface area contributed by atoms with Crippen LogP contribution in [-0.2, 0) is 9.53 Å².